The average Bonchev–Trinajstić information content (AvgIpc) is 3.22. The minimum Gasteiger partial charge on any atom is -0.484 e. The number of hydrogen-bond donors (Lipinski definition) is 1. The van der Waals surface area contributed by atoms with Crippen LogP contribution in [0.15, 0.2) is 18.2 Å². The molecular formula is C15H18ClNO4. The fraction of sp³-hybridized carbons (Fsp3) is 0.467. The molecule has 0 unspecified atom stereocenters. The maximum absolute atomic E-state index is 12.1. The number of hydrogen-bond acceptors (Lipinski definition) is 3. The minimum atomic E-state index is -1.01. The second-order valence-electron chi connectivity index (χ2n) is 5.31. The van der Waals surface area contributed by atoms with Crippen LogP contribution in [0.25, 0.3) is 0 Å². The number of nitrogens with zero attached hydrogens (tertiary/aromatic N) is 1. The number of carboxylic acids is 1. The molecule has 1 aromatic carbocycles. The first-order chi connectivity index (χ1) is 9.95. The van der Waals surface area contributed by atoms with Crippen molar-refractivity contribution in [3.8, 4) is 5.75 Å². The molecule has 0 atom stereocenters. The van der Waals surface area contributed by atoms with Crippen LogP contribution in [0.1, 0.15) is 18.4 Å². The highest BCUT2D eigenvalue weighted by Crippen LogP contribution is 2.29. The van der Waals surface area contributed by atoms with Crippen molar-refractivity contribution in [2.75, 3.05) is 19.7 Å². The van der Waals surface area contributed by atoms with E-state index in [0.29, 0.717) is 23.2 Å². The minimum absolute atomic E-state index is 0.166. The molecule has 0 saturated heterocycles. The van der Waals surface area contributed by atoms with Gasteiger partial charge in [-0.2, -0.15) is 0 Å². The molecule has 1 amide bonds. The van der Waals surface area contributed by atoms with Gasteiger partial charge in [-0.05, 0) is 49.4 Å². The van der Waals surface area contributed by atoms with Crippen molar-refractivity contribution in [1.29, 1.82) is 0 Å². The average molecular weight is 312 g/mol. The maximum Gasteiger partial charge on any atom is 0.323 e. The highest BCUT2D eigenvalue weighted by atomic mass is 35.5. The van der Waals surface area contributed by atoms with Gasteiger partial charge in [0.15, 0.2) is 6.61 Å². The van der Waals surface area contributed by atoms with E-state index in [1.54, 1.807) is 18.2 Å². The molecular weight excluding hydrogens is 294 g/mol. The predicted octanol–water partition coefficient (Wildman–Crippen LogP) is 2.35. The number of benzene rings is 1. The van der Waals surface area contributed by atoms with Gasteiger partial charge in [0.1, 0.15) is 12.3 Å². The quantitative estimate of drug-likeness (QED) is 0.839. The Hall–Kier alpha value is -1.75. The van der Waals surface area contributed by atoms with Gasteiger partial charge >= 0.3 is 5.97 Å². The lowest BCUT2D eigenvalue weighted by Gasteiger charge is -2.20. The fourth-order valence-corrected chi connectivity index (χ4v) is 2.09. The lowest BCUT2D eigenvalue weighted by Crippen LogP contribution is -2.40. The zero-order valence-electron chi connectivity index (χ0n) is 11.8. The normalized spacial score (nSPS) is 13.8. The molecule has 6 heteroatoms. The van der Waals surface area contributed by atoms with E-state index in [2.05, 4.69) is 0 Å². The SMILES string of the molecule is Cc1cc(OCC(=O)N(CC(=O)O)CC2CC2)ccc1Cl. The summed E-state index contributed by atoms with van der Waals surface area (Å²) in [5, 5.41) is 9.50. The standard InChI is InChI=1S/C15H18ClNO4/c1-10-6-12(4-5-13(10)16)21-9-14(18)17(8-15(19)20)7-11-2-3-11/h4-6,11H,2-3,7-9H2,1H3,(H,19,20). The summed E-state index contributed by atoms with van der Waals surface area (Å²) < 4.78 is 5.43. The van der Waals surface area contributed by atoms with Gasteiger partial charge in [-0.15, -0.1) is 0 Å². The molecule has 0 aliphatic heterocycles. The molecule has 0 heterocycles. The Morgan fingerprint density at radius 2 is 2.14 bits per heavy atom. The van der Waals surface area contributed by atoms with Gasteiger partial charge in [0, 0.05) is 11.6 Å². The monoisotopic (exact) mass is 311 g/mol. The van der Waals surface area contributed by atoms with E-state index in [0.717, 1.165) is 18.4 Å². The molecule has 5 nitrogen and oxygen atoms in total. The van der Waals surface area contributed by atoms with Gasteiger partial charge in [-0.25, -0.2) is 0 Å². The summed E-state index contributed by atoms with van der Waals surface area (Å²) >= 11 is 5.92. The molecule has 0 radical (unpaired) electrons. The fourth-order valence-electron chi connectivity index (χ4n) is 1.97. The van der Waals surface area contributed by atoms with Crippen LogP contribution in [0.2, 0.25) is 5.02 Å². The van der Waals surface area contributed by atoms with Gasteiger partial charge in [0.2, 0.25) is 0 Å². The van der Waals surface area contributed by atoms with Gasteiger partial charge in [-0.1, -0.05) is 11.6 Å². The Bertz CT molecular complexity index is 542. The number of rotatable bonds is 7. The maximum atomic E-state index is 12.1. The Morgan fingerprint density at radius 3 is 2.71 bits per heavy atom. The van der Waals surface area contributed by atoms with E-state index >= 15 is 0 Å². The van der Waals surface area contributed by atoms with Crippen LogP contribution in [-0.4, -0.2) is 41.6 Å². The smallest absolute Gasteiger partial charge is 0.323 e. The number of carbonyl (C=O) groups excluding carboxylic acids is 1. The first kappa shape index (κ1) is 15.6. The van der Waals surface area contributed by atoms with E-state index in [9.17, 15) is 9.59 Å². The number of halogens is 1. The van der Waals surface area contributed by atoms with Gasteiger partial charge in [0.25, 0.3) is 5.91 Å². The summed E-state index contributed by atoms with van der Waals surface area (Å²) in [5.41, 5.74) is 0.863. The predicted molar refractivity (Wildman–Crippen MR) is 78.6 cm³/mol. The number of carboxylic acid groups (broad SMARTS) is 1. The molecule has 2 rings (SSSR count). The molecule has 1 fully saturated rings. The summed E-state index contributed by atoms with van der Waals surface area (Å²) in [6.45, 7) is 1.90. The molecule has 0 spiro atoms. The summed E-state index contributed by atoms with van der Waals surface area (Å²) in [7, 11) is 0. The zero-order chi connectivity index (χ0) is 15.4. The lowest BCUT2D eigenvalue weighted by atomic mass is 10.2. The van der Waals surface area contributed by atoms with E-state index in [4.69, 9.17) is 21.4 Å². The number of amides is 1. The summed E-state index contributed by atoms with van der Waals surface area (Å²) in [6.07, 6.45) is 2.11. The first-order valence-electron chi connectivity index (χ1n) is 6.84. The second kappa shape index (κ2) is 6.80. The van der Waals surface area contributed by atoms with Crippen molar-refractivity contribution in [2.45, 2.75) is 19.8 Å². The third-order valence-electron chi connectivity index (χ3n) is 3.35. The van der Waals surface area contributed by atoms with Crippen molar-refractivity contribution in [2.24, 2.45) is 5.92 Å². The van der Waals surface area contributed by atoms with Crippen molar-refractivity contribution in [3.63, 3.8) is 0 Å². The van der Waals surface area contributed by atoms with E-state index in [1.165, 1.54) is 4.90 Å². The summed E-state index contributed by atoms with van der Waals surface area (Å²) in [4.78, 5) is 24.3. The van der Waals surface area contributed by atoms with E-state index < -0.39 is 5.97 Å². The molecule has 0 aromatic heterocycles. The first-order valence-corrected chi connectivity index (χ1v) is 7.22. The van der Waals surface area contributed by atoms with Crippen LogP contribution in [0, 0.1) is 12.8 Å². The van der Waals surface area contributed by atoms with E-state index in [1.807, 2.05) is 6.92 Å². The van der Waals surface area contributed by atoms with Crippen molar-refractivity contribution >= 4 is 23.5 Å². The number of aliphatic carboxylic acids is 1. The Balaban J connectivity index is 1.90. The van der Waals surface area contributed by atoms with Gasteiger partial charge in [0.05, 0.1) is 0 Å². The summed E-state index contributed by atoms with van der Waals surface area (Å²) in [6, 6.07) is 5.14. The van der Waals surface area contributed by atoms with Crippen molar-refractivity contribution in [3.05, 3.63) is 28.8 Å². The number of aryl methyl sites for hydroxylation is 1. The van der Waals surface area contributed by atoms with Crippen LogP contribution in [0.3, 0.4) is 0 Å². The van der Waals surface area contributed by atoms with Crippen LogP contribution in [0.4, 0.5) is 0 Å². The Morgan fingerprint density at radius 1 is 1.43 bits per heavy atom. The van der Waals surface area contributed by atoms with Crippen molar-refractivity contribution in [1.82, 2.24) is 4.90 Å². The molecule has 1 N–H and O–H groups in total. The molecule has 21 heavy (non-hydrogen) atoms. The highest BCUT2D eigenvalue weighted by molar-refractivity contribution is 6.31. The lowest BCUT2D eigenvalue weighted by molar-refractivity contribution is -0.145. The zero-order valence-corrected chi connectivity index (χ0v) is 12.6. The molecule has 1 aliphatic carbocycles. The van der Waals surface area contributed by atoms with Crippen molar-refractivity contribution < 1.29 is 19.4 Å². The molecule has 0 bridgehead atoms. The Labute approximate surface area is 128 Å². The van der Waals surface area contributed by atoms with Crippen LogP contribution in [-0.2, 0) is 9.59 Å². The summed E-state index contributed by atoms with van der Waals surface area (Å²) in [5.74, 6) is -0.332. The molecule has 1 aromatic rings. The third-order valence-corrected chi connectivity index (χ3v) is 3.77. The van der Waals surface area contributed by atoms with Gasteiger partial charge < -0.3 is 14.7 Å². The van der Waals surface area contributed by atoms with Gasteiger partial charge in [-0.3, -0.25) is 9.59 Å². The van der Waals surface area contributed by atoms with Crippen LogP contribution < -0.4 is 4.74 Å². The van der Waals surface area contributed by atoms with Crippen LogP contribution >= 0.6 is 11.6 Å². The largest absolute Gasteiger partial charge is 0.484 e. The molecule has 114 valence electrons. The van der Waals surface area contributed by atoms with Crippen LogP contribution in [0.5, 0.6) is 5.75 Å². The van der Waals surface area contributed by atoms with E-state index in [-0.39, 0.29) is 19.1 Å². The number of carbonyl (C=O) groups is 2. The number of ether oxygens (including phenoxy) is 1. The molecule has 1 aliphatic rings. The molecule has 1 saturated carbocycles. The topological polar surface area (TPSA) is 66.8 Å². The highest BCUT2D eigenvalue weighted by Gasteiger charge is 2.28. The third kappa shape index (κ3) is 4.93. The second-order valence-corrected chi connectivity index (χ2v) is 5.72. The Kier molecular flexibility index (Phi) is 5.07.